The van der Waals surface area contributed by atoms with Gasteiger partial charge in [0.1, 0.15) is 5.76 Å². The molecule has 1 amide bonds. The van der Waals surface area contributed by atoms with Crippen LogP contribution in [-0.2, 0) is 6.54 Å². The van der Waals surface area contributed by atoms with Gasteiger partial charge in [0.15, 0.2) is 5.76 Å². The van der Waals surface area contributed by atoms with E-state index in [9.17, 15) is 4.79 Å². The maximum absolute atomic E-state index is 11.5. The van der Waals surface area contributed by atoms with E-state index in [0.717, 1.165) is 17.9 Å². The number of carbonyl (C=O) groups excluding carboxylic acids is 1. The van der Waals surface area contributed by atoms with E-state index < -0.39 is 5.91 Å². The molecule has 5 nitrogen and oxygen atoms in total. The molecule has 5 heteroatoms. The first-order valence-corrected chi connectivity index (χ1v) is 6.97. The van der Waals surface area contributed by atoms with Gasteiger partial charge in [0.2, 0.25) is 0 Å². The van der Waals surface area contributed by atoms with Crippen LogP contribution in [0.2, 0.25) is 0 Å². The van der Waals surface area contributed by atoms with Gasteiger partial charge in [-0.3, -0.25) is 10.2 Å². The Kier molecular flexibility index (Phi) is 4.65. The number of nitrogens with two attached hydrogens (primary N) is 1. The molecule has 0 fully saturated rings. The lowest BCUT2D eigenvalue weighted by Crippen LogP contribution is -2.29. The second-order valence-corrected chi connectivity index (χ2v) is 4.97. The lowest BCUT2D eigenvalue weighted by Gasteiger charge is -2.24. The molecule has 0 bridgehead atoms. The van der Waals surface area contributed by atoms with Crippen molar-refractivity contribution in [1.82, 2.24) is 5.43 Å². The van der Waals surface area contributed by atoms with Gasteiger partial charge < -0.3 is 9.32 Å². The van der Waals surface area contributed by atoms with Gasteiger partial charge in [-0.2, -0.15) is 0 Å². The monoisotopic (exact) mass is 287 g/mol. The van der Waals surface area contributed by atoms with Crippen molar-refractivity contribution in [2.75, 3.05) is 11.4 Å². The third kappa shape index (κ3) is 3.25. The highest BCUT2D eigenvalue weighted by Crippen LogP contribution is 2.23. The number of furan rings is 1. The number of nitrogens with zero attached hydrogens (tertiary/aromatic N) is 1. The number of nitrogens with one attached hydrogen (secondary N) is 1. The van der Waals surface area contributed by atoms with E-state index in [1.165, 1.54) is 11.3 Å². The number of para-hydroxylation sites is 1. The van der Waals surface area contributed by atoms with Crippen LogP contribution < -0.4 is 16.2 Å². The molecular weight excluding hydrogens is 266 g/mol. The molecule has 0 aliphatic carbocycles. The number of rotatable bonds is 5. The molecule has 1 heterocycles. The summed E-state index contributed by atoms with van der Waals surface area (Å²) in [5, 5.41) is 0. The van der Waals surface area contributed by atoms with Crippen LogP contribution in [0.5, 0.6) is 0 Å². The summed E-state index contributed by atoms with van der Waals surface area (Å²) in [6.07, 6.45) is 0. The zero-order valence-corrected chi connectivity index (χ0v) is 12.6. The van der Waals surface area contributed by atoms with Crippen molar-refractivity contribution in [3.63, 3.8) is 0 Å². The van der Waals surface area contributed by atoms with Gasteiger partial charge in [-0.15, -0.1) is 0 Å². The van der Waals surface area contributed by atoms with Crippen LogP contribution in [0.15, 0.2) is 34.7 Å². The molecule has 0 saturated carbocycles. The van der Waals surface area contributed by atoms with E-state index >= 15 is 0 Å². The maximum atomic E-state index is 11.5. The molecule has 1 aromatic heterocycles. The van der Waals surface area contributed by atoms with Crippen molar-refractivity contribution >= 4 is 11.6 Å². The quantitative estimate of drug-likeness (QED) is 0.503. The molecule has 0 saturated heterocycles. The molecule has 0 aliphatic heterocycles. The van der Waals surface area contributed by atoms with Crippen LogP contribution in [0.1, 0.15) is 34.4 Å². The zero-order valence-electron chi connectivity index (χ0n) is 12.6. The number of hydrogen-bond donors (Lipinski definition) is 2. The van der Waals surface area contributed by atoms with E-state index in [4.69, 9.17) is 10.3 Å². The van der Waals surface area contributed by atoms with Crippen molar-refractivity contribution < 1.29 is 9.21 Å². The van der Waals surface area contributed by atoms with Crippen molar-refractivity contribution in [1.29, 1.82) is 0 Å². The van der Waals surface area contributed by atoms with E-state index in [1.807, 2.05) is 19.1 Å². The number of nitrogen functional groups attached to an aromatic ring is 1. The van der Waals surface area contributed by atoms with Crippen molar-refractivity contribution in [3.8, 4) is 0 Å². The standard InChI is InChI=1S/C16H21N3O2/c1-4-19(14-8-6-5-7-11(14)2)10-13-9-15(16(20)18-17)21-12(13)3/h5-9H,4,10,17H2,1-3H3,(H,18,20). The number of hydrazine groups is 1. The van der Waals surface area contributed by atoms with E-state index in [2.05, 4.69) is 36.3 Å². The SMILES string of the molecule is CCN(Cc1cc(C(=O)NN)oc1C)c1ccccc1C. The molecule has 2 rings (SSSR count). The Morgan fingerprint density at radius 1 is 1.33 bits per heavy atom. The van der Waals surface area contributed by atoms with Crippen LogP contribution in [0.25, 0.3) is 0 Å². The third-order valence-electron chi connectivity index (χ3n) is 3.57. The van der Waals surface area contributed by atoms with Gasteiger partial charge >= 0.3 is 5.91 Å². The molecule has 2 aromatic rings. The molecule has 1 aromatic carbocycles. The highest BCUT2D eigenvalue weighted by atomic mass is 16.4. The van der Waals surface area contributed by atoms with E-state index in [-0.39, 0.29) is 5.76 Å². The minimum absolute atomic E-state index is 0.242. The lowest BCUT2D eigenvalue weighted by atomic mass is 10.1. The largest absolute Gasteiger partial charge is 0.456 e. The summed E-state index contributed by atoms with van der Waals surface area (Å²) in [6, 6.07) is 9.99. The first-order valence-electron chi connectivity index (χ1n) is 6.97. The maximum Gasteiger partial charge on any atom is 0.300 e. The van der Waals surface area contributed by atoms with Crippen LogP contribution >= 0.6 is 0 Å². The molecule has 0 radical (unpaired) electrons. The first kappa shape index (κ1) is 15.1. The molecule has 0 unspecified atom stereocenters. The fourth-order valence-corrected chi connectivity index (χ4v) is 2.35. The van der Waals surface area contributed by atoms with Crippen LogP contribution in [0.4, 0.5) is 5.69 Å². The summed E-state index contributed by atoms with van der Waals surface area (Å²) in [7, 11) is 0. The number of aryl methyl sites for hydroxylation is 2. The van der Waals surface area contributed by atoms with Gasteiger partial charge in [-0.1, -0.05) is 18.2 Å². The normalized spacial score (nSPS) is 10.5. The summed E-state index contributed by atoms with van der Waals surface area (Å²) in [5.74, 6) is 5.70. The van der Waals surface area contributed by atoms with E-state index in [0.29, 0.717) is 6.54 Å². The van der Waals surface area contributed by atoms with Crippen molar-refractivity contribution in [2.45, 2.75) is 27.3 Å². The van der Waals surface area contributed by atoms with Gasteiger partial charge in [-0.25, -0.2) is 5.84 Å². The van der Waals surface area contributed by atoms with Crippen LogP contribution in [0, 0.1) is 13.8 Å². The molecule has 0 atom stereocenters. The Hall–Kier alpha value is -2.27. The van der Waals surface area contributed by atoms with Crippen molar-refractivity contribution in [3.05, 3.63) is 53.0 Å². The fraction of sp³-hybridized carbons (Fsp3) is 0.312. The number of hydrogen-bond acceptors (Lipinski definition) is 4. The van der Waals surface area contributed by atoms with Crippen molar-refractivity contribution in [2.24, 2.45) is 5.84 Å². The molecule has 3 N–H and O–H groups in total. The van der Waals surface area contributed by atoms with E-state index in [1.54, 1.807) is 6.07 Å². The van der Waals surface area contributed by atoms with Crippen LogP contribution in [-0.4, -0.2) is 12.5 Å². The highest BCUT2D eigenvalue weighted by molar-refractivity contribution is 5.91. The van der Waals surface area contributed by atoms with Gasteiger partial charge in [0, 0.05) is 24.3 Å². The lowest BCUT2D eigenvalue weighted by molar-refractivity contribution is 0.0924. The van der Waals surface area contributed by atoms with Crippen LogP contribution in [0.3, 0.4) is 0 Å². The summed E-state index contributed by atoms with van der Waals surface area (Å²) in [4.78, 5) is 13.8. The fourth-order valence-electron chi connectivity index (χ4n) is 2.35. The van der Waals surface area contributed by atoms with Gasteiger partial charge in [0.05, 0.1) is 0 Å². The molecule has 0 aliphatic rings. The topological polar surface area (TPSA) is 71.5 Å². The summed E-state index contributed by atoms with van der Waals surface area (Å²) in [6.45, 7) is 7.61. The molecule has 0 spiro atoms. The highest BCUT2D eigenvalue weighted by Gasteiger charge is 2.16. The zero-order chi connectivity index (χ0) is 15.4. The Balaban J connectivity index is 2.25. The average molecular weight is 287 g/mol. The second kappa shape index (κ2) is 6.45. The predicted octanol–water partition coefficient (Wildman–Crippen LogP) is 2.53. The Bertz CT molecular complexity index is 634. The minimum Gasteiger partial charge on any atom is -0.456 e. The first-order chi connectivity index (χ1) is 10.1. The summed E-state index contributed by atoms with van der Waals surface area (Å²) >= 11 is 0. The number of carbonyl (C=O) groups is 1. The minimum atomic E-state index is -0.414. The Labute approximate surface area is 124 Å². The Morgan fingerprint density at radius 3 is 2.67 bits per heavy atom. The molecule has 112 valence electrons. The summed E-state index contributed by atoms with van der Waals surface area (Å²) in [5.41, 5.74) is 5.48. The van der Waals surface area contributed by atoms with Gasteiger partial charge in [-0.05, 0) is 38.5 Å². The smallest absolute Gasteiger partial charge is 0.300 e. The number of benzene rings is 1. The third-order valence-corrected chi connectivity index (χ3v) is 3.57. The predicted molar refractivity (Wildman–Crippen MR) is 83.0 cm³/mol. The average Bonchev–Trinajstić information content (AvgIpc) is 2.86. The second-order valence-electron chi connectivity index (χ2n) is 4.97. The Morgan fingerprint density at radius 2 is 2.05 bits per heavy atom. The number of amides is 1. The molecule has 21 heavy (non-hydrogen) atoms. The molecular formula is C16H21N3O2. The van der Waals surface area contributed by atoms with Gasteiger partial charge in [0.25, 0.3) is 0 Å². The number of anilines is 1. The summed E-state index contributed by atoms with van der Waals surface area (Å²) < 4.78 is 5.46.